The van der Waals surface area contributed by atoms with Gasteiger partial charge in [0.2, 0.25) is 5.92 Å². The molecule has 0 spiro atoms. The molecule has 0 aliphatic carbocycles. The molecule has 0 amide bonds. The minimum atomic E-state index is -2.25. The molecule has 25 heavy (non-hydrogen) atoms. The maximum absolute atomic E-state index is 12.3. The molecule has 0 fully saturated rings. The fraction of sp³-hybridized carbons (Fsp3) is 0.467. The van der Waals surface area contributed by atoms with E-state index < -0.39 is 39.8 Å². The van der Waals surface area contributed by atoms with Crippen molar-refractivity contribution >= 4 is 11.9 Å². The van der Waals surface area contributed by atoms with Crippen molar-refractivity contribution in [1.29, 1.82) is 0 Å². The van der Waals surface area contributed by atoms with Crippen LogP contribution in [0.5, 0.6) is 0 Å². The van der Waals surface area contributed by atoms with Gasteiger partial charge in [0, 0.05) is 15.4 Å². The number of ether oxygens (including phenoxy) is 2. The minimum Gasteiger partial charge on any atom is -0.465 e. The summed E-state index contributed by atoms with van der Waals surface area (Å²) in [6.45, 7) is 2.55. The van der Waals surface area contributed by atoms with Gasteiger partial charge in [-0.05, 0) is 13.8 Å². The number of nitro groups is 2. The molecule has 10 nitrogen and oxygen atoms in total. The fourth-order valence-corrected chi connectivity index (χ4v) is 2.37. The van der Waals surface area contributed by atoms with Crippen LogP contribution in [0.15, 0.2) is 30.3 Å². The predicted molar refractivity (Wildman–Crippen MR) is 83.7 cm³/mol. The van der Waals surface area contributed by atoms with Crippen LogP contribution in [-0.4, -0.2) is 41.0 Å². The van der Waals surface area contributed by atoms with E-state index >= 15 is 0 Å². The zero-order valence-corrected chi connectivity index (χ0v) is 13.7. The Bertz CT molecular complexity index is 634. The highest BCUT2D eigenvalue weighted by Gasteiger charge is 2.55. The SMILES string of the molecule is CCOC(=O)C(C(C(=O)OCC)[N+](=O)[O-])C(c1ccccc1)[N+](=O)[O-]. The molecule has 3 unspecified atom stereocenters. The molecule has 0 aromatic heterocycles. The molecule has 0 bridgehead atoms. The van der Waals surface area contributed by atoms with Gasteiger partial charge >= 0.3 is 18.0 Å². The summed E-state index contributed by atoms with van der Waals surface area (Å²) in [5.41, 5.74) is 0.0432. The van der Waals surface area contributed by atoms with Gasteiger partial charge in [-0.1, -0.05) is 30.3 Å². The summed E-state index contributed by atoms with van der Waals surface area (Å²) in [6.07, 6.45) is 0. The molecular formula is C15H18N2O8. The molecule has 0 aliphatic heterocycles. The summed E-state index contributed by atoms with van der Waals surface area (Å²) >= 11 is 0. The minimum absolute atomic E-state index is 0.0432. The average Bonchev–Trinajstić information content (AvgIpc) is 2.55. The molecule has 0 saturated carbocycles. The Morgan fingerprint density at radius 3 is 1.92 bits per heavy atom. The van der Waals surface area contributed by atoms with Crippen LogP contribution in [0.4, 0.5) is 0 Å². The molecule has 0 N–H and O–H groups in total. The standard InChI is InChI=1S/C15H18N2O8/c1-3-24-14(18)11(13(17(22)23)15(19)25-4-2)12(16(20)21)10-8-6-5-7-9-10/h5-9,11-13H,3-4H2,1-2H3. The summed E-state index contributed by atoms with van der Waals surface area (Å²) in [5.74, 6) is -4.50. The highest BCUT2D eigenvalue weighted by Crippen LogP contribution is 2.31. The zero-order chi connectivity index (χ0) is 19.0. The number of hydrogen-bond donors (Lipinski definition) is 0. The Labute approximate surface area is 143 Å². The van der Waals surface area contributed by atoms with E-state index in [1.54, 1.807) is 6.07 Å². The van der Waals surface area contributed by atoms with Crippen molar-refractivity contribution < 1.29 is 28.9 Å². The van der Waals surface area contributed by atoms with Crippen molar-refractivity contribution in [3.8, 4) is 0 Å². The number of carbonyl (C=O) groups excluding carboxylic acids is 2. The summed E-state index contributed by atoms with van der Waals surface area (Å²) in [4.78, 5) is 45.4. The second-order valence-electron chi connectivity index (χ2n) is 4.90. The second kappa shape index (κ2) is 9.30. The van der Waals surface area contributed by atoms with Crippen LogP contribution in [0, 0.1) is 26.1 Å². The fourth-order valence-electron chi connectivity index (χ4n) is 2.37. The molecular weight excluding hydrogens is 336 g/mol. The van der Waals surface area contributed by atoms with Crippen LogP contribution < -0.4 is 0 Å². The molecule has 3 atom stereocenters. The van der Waals surface area contributed by atoms with Gasteiger partial charge in [0.1, 0.15) is 0 Å². The summed E-state index contributed by atoms with van der Waals surface area (Å²) in [5, 5.41) is 23.0. The maximum atomic E-state index is 12.3. The van der Waals surface area contributed by atoms with Crippen molar-refractivity contribution in [3.63, 3.8) is 0 Å². The normalized spacial score (nSPS) is 14.0. The van der Waals surface area contributed by atoms with E-state index in [0.717, 1.165) is 0 Å². The third-order valence-corrected chi connectivity index (χ3v) is 3.36. The Kier molecular flexibility index (Phi) is 7.44. The Balaban J connectivity index is 3.47. The number of hydrogen-bond acceptors (Lipinski definition) is 8. The first-order valence-electron chi connectivity index (χ1n) is 7.50. The number of esters is 2. The van der Waals surface area contributed by atoms with Gasteiger partial charge < -0.3 is 9.47 Å². The van der Waals surface area contributed by atoms with E-state index in [2.05, 4.69) is 4.74 Å². The van der Waals surface area contributed by atoms with E-state index in [9.17, 15) is 29.8 Å². The van der Waals surface area contributed by atoms with Crippen LogP contribution in [0.25, 0.3) is 0 Å². The Morgan fingerprint density at radius 2 is 1.48 bits per heavy atom. The lowest BCUT2D eigenvalue weighted by molar-refractivity contribution is -0.569. The molecule has 0 heterocycles. The maximum Gasteiger partial charge on any atom is 0.382 e. The zero-order valence-electron chi connectivity index (χ0n) is 13.7. The van der Waals surface area contributed by atoms with Crippen molar-refractivity contribution in [2.75, 3.05) is 13.2 Å². The van der Waals surface area contributed by atoms with Gasteiger partial charge in [-0.15, -0.1) is 0 Å². The smallest absolute Gasteiger partial charge is 0.382 e. The first-order valence-corrected chi connectivity index (χ1v) is 7.50. The molecule has 0 aliphatic rings. The van der Waals surface area contributed by atoms with Crippen LogP contribution in [-0.2, 0) is 19.1 Å². The van der Waals surface area contributed by atoms with Crippen LogP contribution >= 0.6 is 0 Å². The highest BCUT2D eigenvalue weighted by molar-refractivity contribution is 5.84. The average molecular weight is 354 g/mol. The van der Waals surface area contributed by atoms with E-state index in [0.29, 0.717) is 0 Å². The first kappa shape index (κ1) is 20.0. The highest BCUT2D eigenvalue weighted by atomic mass is 16.6. The lowest BCUT2D eigenvalue weighted by Gasteiger charge is -2.21. The monoisotopic (exact) mass is 354 g/mol. The molecule has 1 aromatic carbocycles. The van der Waals surface area contributed by atoms with Crippen molar-refractivity contribution in [1.82, 2.24) is 0 Å². The topological polar surface area (TPSA) is 139 Å². The summed E-state index contributed by atoms with van der Waals surface area (Å²) < 4.78 is 9.39. The van der Waals surface area contributed by atoms with Crippen LogP contribution in [0.3, 0.4) is 0 Å². The second-order valence-corrected chi connectivity index (χ2v) is 4.90. The first-order chi connectivity index (χ1) is 11.8. The van der Waals surface area contributed by atoms with Crippen molar-refractivity contribution in [3.05, 3.63) is 56.1 Å². The van der Waals surface area contributed by atoms with Gasteiger partial charge in [-0.3, -0.25) is 25.0 Å². The van der Waals surface area contributed by atoms with E-state index in [-0.39, 0.29) is 18.8 Å². The number of nitrogens with zero attached hydrogens (tertiary/aromatic N) is 2. The van der Waals surface area contributed by atoms with E-state index in [1.165, 1.54) is 38.1 Å². The third kappa shape index (κ3) is 4.96. The summed E-state index contributed by atoms with van der Waals surface area (Å²) in [7, 11) is 0. The van der Waals surface area contributed by atoms with Gasteiger partial charge in [0.15, 0.2) is 0 Å². The molecule has 0 radical (unpaired) electrons. The molecule has 1 aromatic rings. The quantitative estimate of drug-likeness (QED) is 0.368. The third-order valence-electron chi connectivity index (χ3n) is 3.36. The Morgan fingerprint density at radius 1 is 0.960 bits per heavy atom. The molecule has 10 heteroatoms. The number of rotatable bonds is 9. The van der Waals surface area contributed by atoms with Crippen molar-refractivity contribution in [2.24, 2.45) is 5.92 Å². The van der Waals surface area contributed by atoms with Crippen molar-refractivity contribution in [2.45, 2.75) is 25.9 Å². The number of carbonyl (C=O) groups is 2. The molecule has 0 saturated heterocycles. The van der Waals surface area contributed by atoms with E-state index in [1.807, 2.05) is 0 Å². The Hall–Kier alpha value is -3.04. The lowest BCUT2D eigenvalue weighted by Crippen LogP contribution is -2.47. The van der Waals surface area contributed by atoms with Crippen LogP contribution in [0.1, 0.15) is 25.5 Å². The van der Waals surface area contributed by atoms with E-state index in [4.69, 9.17) is 4.74 Å². The lowest BCUT2D eigenvalue weighted by atomic mass is 9.87. The van der Waals surface area contributed by atoms with Gasteiger partial charge in [-0.25, -0.2) is 4.79 Å². The molecule has 136 valence electrons. The predicted octanol–water partition coefficient (Wildman–Crippen LogP) is 1.39. The summed E-state index contributed by atoms with van der Waals surface area (Å²) in [6, 6.07) is 3.17. The largest absolute Gasteiger partial charge is 0.465 e. The molecule has 1 rings (SSSR count). The van der Waals surface area contributed by atoms with Gasteiger partial charge in [0.25, 0.3) is 6.04 Å². The number of benzene rings is 1. The van der Waals surface area contributed by atoms with Gasteiger partial charge in [0.05, 0.1) is 13.2 Å². The van der Waals surface area contributed by atoms with Gasteiger partial charge in [-0.2, -0.15) is 0 Å². The van der Waals surface area contributed by atoms with Crippen LogP contribution in [0.2, 0.25) is 0 Å².